The van der Waals surface area contributed by atoms with Crippen LogP contribution < -0.4 is 10.2 Å². The summed E-state index contributed by atoms with van der Waals surface area (Å²) in [5, 5.41) is 3.02. The smallest absolute Gasteiger partial charge is 0.149 e. The molecular weight excluding hydrogens is 208 g/mol. The summed E-state index contributed by atoms with van der Waals surface area (Å²) in [5.74, 6) is 4.16. The first-order valence-corrected chi connectivity index (χ1v) is 6.31. The van der Waals surface area contributed by atoms with Crippen molar-refractivity contribution in [1.82, 2.24) is 9.97 Å². The SMILES string of the molecule is CNc1cncc(N2CCSCC2C)n1. The van der Waals surface area contributed by atoms with Crippen LogP contribution in [0, 0.1) is 0 Å². The van der Waals surface area contributed by atoms with Crippen LogP contribution in [0.4, 0.5) is 11.6 Å². The average molecular weight is 224 g/mol. The van der Waals surface area contributed by atoms with Crippen LogP contribution in [0.2, 0.25) is 0 Å². The van der Waals surface area contributed by atoms with Crippen molar-refractivity contribution in [2.45, 2.75) is 13.0 Å². The molecule has 82 valence electrons. The van der Waals surface area contributed by atoms with Gasteiger partial charge < -0.3 is 10.2 Å². The first-order chi connectivity index (χ1) is 7.31. The maximum absolute atomic E-state index is 4.51. The third-order valence-electron chi connectivity index (χ3n) is 2.54. The lowest BCUT2D eigenvalue weighted by Crippen LogP contribution is -2.41. The fourth-order valence-corrected chi connectivity index (χ4v) is 2.70. The van der Waals surface area contributed by atoms with Crippen molar-refractivity contribution in [3.8, 4) is 0 Å². The number of aromatic nitrogens is 2. The summed E-state index contributed by atoms with van der Waals surface area (Å²) >= 11 is 2.01. The first-order valence-electron chi connectivity index (χ1n) is 5.15. The summed E-state index contributed by atoms with van der Waals surface area (Å²) in [6, 6.07) is 0.546. The van der Waals surface area contributed by atoms with E-state index in [0.717, 1.165) is 18.2 Å². The van der Waals surface area contributed by atoms with Crippen LogP contribution in [-0.4, -0.2) is 41.1 Å². The van der Waals surface area contributed by atoms with E-state index in [1.54, 1.807) is 6.20 Å². The predicted octanol–water partition coefficient (Wildman–Crippen LogP) is 1.46. The van der Waals surface area contributed by atoms with E-state index >= 15 is 0 Å². The Morgan fingerprint density at radius 1 is 1.53 bits per heavy atom. The third kappa shape index (κ3) is 2.34. The molecule has 0 spiro atoms. The van der Waals surface area contributed by atoms with Gasteiger partial charge in [-0.15, -0.1) is 0 Å². The highest BCUT2D eigenvalue weighted by atomic mass is 32.2. The minimum Gasteiger partial charge on any atom is -0.372 e. The quantitative estimate of drug-likeness (QED) is 0.823. The van der Waals surface area contributed by atoms with E-state index in [4.69, 9.17) is 0 Å². The highest BCUT2D eigenvalue weighted by molar-refractivity contribution is 7.99. The van der Waals surface area contributed by atoms with Gasteiger partial charge in [0.25, 0.3) is 0 Å². The van der Waals surface area contributed by atoms with E-state index in [1.807, 2.05) is 25.0 Å². The molecule has 1 saturated heterocycles. The van der Waals surface area contributed by atoms with E-state index in [1.165, 1.54) is 11.5 Å². The molecule has 0 bridgehead atoms. The number of rotatable bonds is 2. The Labute approximate surface area is 94.5 Å². The van der Waals surface area contributed by atoms with E-state index in [9.17, 15) is 0 Å². The second kappa shape index (κ2) is 4.70. The number of nitrogens with zero attached hydrogens (tertiary/aromatic N) is 3. The fraction of sp³-hybridized carbons (Fsp3) is 0.600. The zero-order valence-electron chi connectivity index (χ0n) is 9.10. The Morgan fingerprint density at radius 3 is 3.13 bits per heavy atom. The van der Waals surface area contributed by atoms with Crippen LogP contribution >= 0.6 is 11.8 Å². The number of anilines is 2. The molecule has 0 aliphatic carbocycles. The molecule has 1 aliphatic rings. The van der Waals surface area contributed by atoms with Gasteiger partial charge in [0.05, 0.1) is 12.4 Å². The molecule has 0 amide bonds. The van der Waals surface area contributed by atoms with Gasteiger partial charge in [0, 0.05) is 31.1 Å². The average Bonchev–Trinajstić information content (AvgIpc) is 2.30. The van der Waals surface area contributed by atoms with E-state index in [0.29, 0.717) is 6.04 Å². The highest BCUT2D eigenvalue weighted by Gasteiger charge is 2.20. The van der Waals surface area contributed by atoms with Crippen LogP contribution in [0.15, 0.2) is 12.4 Å². The number of hydrogen-bond acceptors (Lipinski definition) is 5. The molecule has 0 saturated carbocycles. The molecule has 0 radical (unpaired) electrons. The molecule has 1 aromatic rings. The molecular formula is C10H16N4S. The zero-order chi connectivity index (χ0) is 10.7. The lowest BCUT2D eigenvalue weighted by molar-refractivity contribution is 0.688. The van der Waals surface area contributed by atoms with Crippen molar-refractivity contribution in [2.75, 3.05) is 35.3 Å². The number of nitrogens with one attached hydrogen (secondary N) is 1. The molecule has 1 aliphatic heterocycles. The lowest BCUT2D eigenvalue weighted by Gasteiger charge is -2.33. The van der Waals surface area contributed by atoms with Crippen LogP contribution in [0.5, 0.6) is 0 Å². The van der Waals surface area contributed by atoms with Crippen molar-refractivity contribution in [3.05, 3.63) is 12.4 Å². The van der Waals surface area contributed by atoms with E-state index in [-0.39, 0.29) is 0 Å². The summed E-state index contributed by atoms with van der Waals surface area (Å²) in [4.78, 5) is 11.0. The summed E-state index contributed by atoms with van der Waals surface area (Å²) in [6.07, 6.45) is 3.58. The van der Waals surface area contributed by atoms with Gasteiger partial charge in [0.2, 0.25) is 0 Å². The van der Waals surface area contributed by atoms with E-state index in [2.05, 4.69) is 27.1 Å². The molecule has 1 unspecified atom stereocenters. The Kier molecular flexibility index (Phi) is 3.30. The molecule has 5 heteroatoms. The second-order valence-corrected chi connectivity index (χ2v) is 4.78. The van der Waals surface area contributed by atoms with Gasteiger partial charge in [-0.25, -0.2) is 4.98 Å². The van der Waals surface area contributed by atoms with Gasteiger partial charge in [0.1, 0.15) is 11.6 Å². The fourth-order valence-electron chi connectivity index (χ4n) is 1.68. The Hall–Kier alpha value is -0.970. The molecule has 4 nitrogen and oxygen atoms in total. The van der Waals surface area contributed by atoms with Crippen LogP contribution in [0.1, 0.15) is 6.92 Å². The van der Waals surface area contributed by atoms with Gasteiger partial charge in [0.15, 0.2) is 0 Å². The maximum atomic E-state index is 4.51. The second-order valence-electron chi connectivity index (χ2n) is 3.63. The molecule has 2 rings (SSSR count). The molecule has 15 heavy (non-hydrogen) atoms. The van der Waals surface area contributed by atoms with Crippen molar-refractivity contribution in [1.29, 1.82) is 0 Å². The maximum Gasteiger partial charge on any atom is 0.149 e. The van der Waals surface area contributed by atoms with Crippen LogP contribution in [0.3, 0.4) is 0 Å². The van der Waals surface area contributed by atoms with E-state index < -0.39 is 0 Å². The largest absolute Gasteiger partial charge is 0.372 e. The lowest BCUT2D eigenvalue weighted by atomic mass is 10.3. The molecule has 0 aromatic carbocycles. The Morgan fingerprint density at radius 2 is 2.40 bits per heavy atom. The molecule has 1 atom stereocenters. The zero-order valence-corrected chi connectivity index (χ0v) is 9.92. The standard InChI is InChI=1S/C10H16N4S/c1-8-7-15-4-3-14(8)10-6-12-5-9(11-2)13-10/h5-6,8H,3-4,7H2,1-2H3,(H,11,13). The van der Waals surface area contributed by atoms with Gasteiger partial charge >= 0.3 is 0 Å². The number of thioether (sulfide) groups is 1. The van der Waals surface area contributed by atoms with Gasteiger partial charge in [-0.3, -0.25) is 4.98 Å². The minimum atomic E-state index is 0.546. The Bertz CT molecular complexity index is 331. The van der Waals surface area contributed by atoms with Gasteiger partial charge in [-0.05, 0) is 6.92 Å². The van der Waals surface area contributed by atoms with Crippen molar-refractivity contribution in [2.24, 2.45) is 0 Å². The van der Waals surface area contributed by atoms with Gasteiger partial charge in [-0.1, -0.05) is 0 Å². The highest BCUT2D eigenvalue weighted by Crippen LogP contribution is 2.22. The summed E-state index contributed by atoms with van der Waals surface area (Å²) in [5.41, 5.74) is 0. The summed E-state index contributed by atoms with van der Waals surface area (Å²) in [6.45, 7) is 3.30. The first kappa shape index (κ1) is 10.5. The van der Waals surface area contributed by atoms with Crippen molar-refractivity contribution < 1.29 is 0 Å². The van der Waals surface area contributed by atoms with Gasteiger partial charge in [-0.2, -0.15) is 11.8 Å². The van der Waals surface area contributed by atoms with Crippen molar-refractivity contribution in [3.63, 3.8) is 0 Å². The number of hydrogen-bond donors (Lipinski definition) is 1. The molecule has 1 N–H and O–H groups in total. The topological polar surface area (TPSA) is 41.1 Å². The monoisotopic (exact) mass is 224 g/mol. The third-order valence-corrected chi connectivity index (χ3v) is 3.73. The normalized spacial score (nSPS) is 21.5. The predicted molar refractivity (Wildman–Crippen MR) is 65.7 cm³/mol. The summed E-state index contributed by atoms with van der Waals surface area (Å²) in [7, 11) is 1.86. The van der Waals surface area contributed by atoms with Crippen LogP contribution in [0.25, 0.3) is 0 Å². The van der Waals surface area contributed by atoms with Crippen LogP contribution in [-0.2, 0) is 0 Å². The molecule has 1 aromatic heterocycles. The molecule has 1 fully saturated rings. The van der Waals surface area contributed by atoms with Crippen molar-refractivity contribution >= 4 is 23.4 Å². The summed E-state index contributed by atoms with van der Waals surface area (Å²) < 4.78 is 0. The Balaban J connectivity index is 2.19. The minimum absolute atomic E-state index is 0.546. The molecule has 2 heterocycles.